The summed E-state index contributed by atoms with van der Waals surface area (Å²) in [6, 6.07) is 16.0. The third kappa shape index (κ3) is 5.68. The summed E-state index contributed by atoms with van der Waals surface area (Å²) in [5, 5.41) is 3.24. The third-order valence-corrected chi connectivity index (χ3v) is 6.00. The highest BCUT2D eigenvalue weighted by Gasteiger charge is 2.23. The monoisotopic (exact) mass is 432 g/mol. The molecule has 0 saturated heterocycles. The van der Waals surface area contributed by atoms with Crippen molar-refractivity contribution in [3.05, 3.63) is 76.6 Å². The van der Waals surface area contributed by atoms with Crippen LogP contribution in [0.5, 0.6) is 0 Å². The SMILES string of the molecule is Cc1oc(-c2cccc(Cl)c2)nc1CS(=O)(=O)CC(=O)N[C@@H](C)c1ccccc1. The van der Waals surface area contributed by atoms with E-state index in [9.17, 15) is 13.2 Å². The molecule has 0 unspecified atom stereocenters. The van der Waals surface area contributed by atoms with E-state index in [0.717, 1.165) is 5.56 Å². The lowest BCUT2D eigenvalue weighted by atomic mass is 10.1. The zero-order valence-corrected chi connectivity index (χ0v) is 17.6. The summed E-state index contributed by atoms with van der Waals surface area (Å²) in [6.45, 7) is 3.45. The van der Waals surface area contributed by atoms with Crippen LogP contribution in [0, 0.1) is 6.92 Å². The van der Waals surface area contributed by atoms with E-state index >= 15 is 0 Å². The number of sulfone groups is 1. The molecule has 1 N–H and O–H groups in total. The molecule has 0 bridgehead atoms. The Kier molecular flexibility index (Phi) is 6.39. The molecule has 0 saturated carbocycles. The number of hydrogen-bond donors (Lipinski definition) is 1. The molecule has 0 radical (unpaired) electrons. The van der Waals surface area contributed by atoms with Crippen LogP contribution in [0.15, 0.2) is 59.0 Å². The van der Waals surface area contributed by atoms with Gasteiger partial charge in [-0.25, -0.2) is 13.4 Å². The van der Waals surface area contributed by atoms with Gasteiger partial charge in [0.15, 0.2) is 9.84 Å². The summed E-state index contributed by atoms with van der Waals surface area (Å²) in [5.41, 5.74) is 1.83. The van der Waals surface area contributed by atoms with Gasteiger partial charge in [0, 0.05) is 10.6 Å². The second-order valence-electron chi connectivity index (χ2n) is 6.76. The van der Waals surface area contributed by atoms with Gasteiger partial charge in [0.2, 0.25) is 11.8 Å². The Morgan fingerprint density at radius 2 is 1.90 bits per heavy atom. The van der Waals surface area contributed by atoms with Crippen LogP contribution in [0.2, 0.25) is 5.02 Å². The highest BCUT2D eigenvalue weighted by Crippen LogP contribution is 2.25. The van der Waals surface area contributed by atoms with E-state index in [0.29, 0.717) is 16.3 Å². The number of halogens is 1. The number of carbonyl (C=O) groups excluding carboxylic acids is 1. The van der Waals surface area contributed by atoms with Gasteiger partial charge in [0.25, 0.3) is 0 Å². The van der Waals surface area contributed by atoms with Crippen LogP contribution in [0.3, 0.4) is 0 Å². The van der Waals surface area contributed by atoms with Gasteiger partial charge in [-0.3, -0.25) is 4.79 Å². The first-order chi connectivity index (χ1) is 13.7. The van der Waals surface area contributed by atoms with Gasteiger partial charge >= 0.3 is 0 Å². The first kappa shape index (κ1) is 21.1. The van der Waals surface area contributed by atoms with Crippen molar-refractivity contribution in [2.45, 2.75) is 25.6 Å². The lowest BCUT2D eigenvalue weighted by Crippen LogP contribution is -2.32. The predicted molar refractivity (Wildman–Crippen MR) is 112 cm³/mol. The summed E-state index contributed by atoms with van der Waals surface area (Å²) >= 11 is 5.98. The molecule has 29 heavy (non-hydrogen) atoms. The standard InChI is InChI=1S/C21H21ClN2O4S/c1-14(16-7-4-3-5-8-16)23-20(25)13-29(26,27)12-19-15(2)28-21(24-19)17-9-6-10-18(22)11-17/h3-11,14H,12-13H2,1-2H3,(H,23,25)/t14-/m0/s1. The molecule has 0 aliphatic rings. The Labute approximate surface area is 174 Å². The Morgan fingerprint density at radius 1 is 1.17 bits per heavy atom. The van der Waals surface area contributed by atoms with Crippen molar-refractivity contribution in [1.82, 2.24) is 10.3 Å². The molecular formula is C21H21ClN2O4S. The fourth-order valence-electron chi connectivity index (χ4n) is 2.87. The minimum atomic E-state index is -3.72. The van der Waals surface area contributed by atoms with Crippen LogP contribution in [-0.2, 0) is 20.4 Å². The van der Waals surface area contributed by atoms with Gasteiger partial charge in [-0.15, -0.1) is 0 Å². The van der Waals surface area contributed by atoms with Crippen molar-refractivity contribution < 1.29 is 17.6 Å². The maximum atomic E-state index is 12.5. The highest BCUT2D eigenvalue weighted by molar-refractivity contribution is 7.91. The molecule has 3 rings (SSSR count). The van der Waals surface area contributed by atoms with E-state index in [2.05, 4.69) is 10.3 Å². The Bertz CT molecular complexity index is 1110. The van der Waals surface area contributed by atoms with Crippen molar-refractivity contribution in [3.8, 4) is 11.5 Å². The Balaban J connectivity index is 1.67. The van der Waals surface area contributed by atoms with E-state index in [1.807, 2.05) is 30.3 Å². The van der Waals surface area contributed by atoms with Crippen molar-refractivity contribution in [2.24, 2.45) is 0 Å². The van der Waals surface area contributed by atoms with Crippen molar-refractivity contribution in [1.29, 1.82) is 0 Å². The largest absolute Gasteiger partial charge is 0.441 e. The number of aryl methyl sites for hydroxylation is 1. The molecule has 6 nitrogen and oxygen atoms in total. The van der Waals surface area contributed by atoms with Gasteiger partial charge in [-0.2, -0.15) is 0 Å². The van der Waals surface area contributed by atoms with Crippen molar-refractivity contribution in [2.75, 3.05) is 5.75 Å². The van der Waals surface area contributed by atoms with Gasteiger partial charge in [-0.1, -0.05) is 48.0 Å². The minimum Gasteiger partial charge on any atom is -0.441 e. The number of benzene rings is 2. The summed E-state index contributed by atoms with van der Waals surface area (Å²) in [7, 11) is -3.72. The molecule has 0 aliphatic heterocycles. The molecule has 1 aromatic heterocycles. The number of nitrogens with zero attached hydrogens (tertiary/aromatic N) is 1. The first-order valence-electron chi connectivity index (χ1n) is 9.00. The van der Waals surface area contributed by atoms with Crippen LogP contribution in [0.1, 0.15) is 30.0 Å². The molecule has 3 aromatic rings. The van der Waals surface area contributed by atoms with E-state index in [1.54, 1.807) is 38.1 Å². The zero-order valence-electron chi connectivity index (χ0n) is 16.1. The number of aromatic nitrogens is 1. The summed E-state index contributed by atoms with van der Waals surface area (Å²) in [5.74, 6) is -0.879. The van der Waals surface area contributed by atoms with Crippen molar-refractivity contribution >= 4 is 27.3 Å². The Hall–Kier alpha value is -2.64. The first-order valence-corrected chi connectivity index (χ1v) is 11.2. The van der Waals surface area contributed by atoms with Crippen LogP contribution in [0.25, 0.3) is 11.5 Å². The number of hydrogen-bond acceptors (Lipinski definition) is 5. The molecule has 0 spiro atoms. The van der Waals surface area contributed by atoms with Crippen LogP contribution in [-0.4, -0.2) is 25.1 Å². The molecule has 1 heterocycles. The molecule has 2 aromatic carbocycles. The van der Waals surface area contributed by atoms with Gasteiger partial charge in [-0.05, 0) is 37.6 Å². The van der Waals surface area contributed by atoms with E-state index in [4.69, 9.17) is 16.0 Å². The second-order valence-corrected chi connectivity index (χ2v) is 9.27. The lowest BCUT2D eigenvalue weighted by Gasteiger charge is -2.14. The number of amides is 1. The molecule has 1 atom stereocenters. The van der Waals surface area contributed by atoms with Crippen molar-refractivity contribution in [3.63, 3.8) is 0 Å². The molecule has 8 heteroatoms. The fourth-order valence-corrected chi connectivity index (χ4v) is 4.33. The molecule has 0 aliphatic carbocycles. The molecule has 1 amide bonds. The highest BCUT2D eigenvalue weighted by atomic mass is 35.5. The predicted octanol–water partition coefficient (Wildman–Crippen LogP) is 4.10. The van der Waals surface area contributed by atoms with Crippen LogP contribution >= 0.6 is 11.6 Å². The second kappa shape index (κ2) is 8.80. The zero-order chi connectivity index (χ0) is 21.0. The Morgan fingerprint density at radius 3 is 2.59 bits per heavy atom. The van der Waals surface area contributed by atoms with Gasteiger partial charge in [0.1, 0.15) is 11.5 Å². The number of rotatable bonds is 7. The minimum absolute atomic E-state index is 0.281. The third-order valence-electron chi connectivity index (χ3n) is 4.35. The van der Waals surface area contributed by atoms with E-state index in [1.165, 1.54) is 0 Å². The summed E-state index contributed by atoms with van der Waals surface area (Å²) in [6.07, 6.45) is 0. The quantitative estimate of drug-likeness (QED) is 0.607. The number of carbonyl (C=O) groups is 1. The molecule has 152 valence electrons. The summed E-state index contributed by atoms with van der Waals surface area (Å²) < 4.78 is 30.6. The molecule has 0 fully saturated rings. The fraction of sp³-hybridized carbons (Fsp3) is 0.238. The number of nitrogens with one attached hydrogen (secondary N) is 1. The van der Waals surface area contributed by atoms with Crippen LogP contribution in [0.4, 0.5) is 0 Å². The maximum absolute atomic E-state index is 12.5. The van der Waals surface area contributed by atoms with E-state index in [-0.39, 0.29) is 23.4 Å². The van der Waals surface area contributed by atoms with Crippen LogP contribution < -0.4 is 5.32 Å². The molecular weight excluding hydrogens is 412 g/mol. The summed E-state index contributed by atoms with van der Waals surface area (Å²) in [4.78, 5) is 16.5. The smallest absolute Gasteiger partial charge is 0.235 e. The van der Waals surface area contributed by atoms with Gasteiger partial charge in [0.05, 0.1) is 17.5 Å². The number of oxazole rings is 1. The normalized spacial score (nSPS) is 12.5. The average molecular weight is 433 g/mol. The van der Waals surface area contributed by atoms with Gasteiger partial charge < -0.3 is 9.73 Å². The topological polar surface area (TPSA) is 89.3 Å². The maximum Gasteiger partial charge on any atom is 0.235 e. The lowest BCUT2D eigenvalue weighted by molar-refractivity contribution is -0.119. The average Bonchev–Trinajstić information content (AvgIpc) is 3.01. The van der Waals surface area contributed by atoms with E-state index < -0.39 is 21.5 Å².